The van der Waals surface area contributed by atoms with Crippen LogP contribution in [0.4, 0.5) is 18.0 Å². The number of piperazine rings is 1. The van der Waals surface area contributed by atoms with Crippen molar-refractivity contribution in [2.45, 2.75) is 12.7 Å². The smallest absolute Gasteiger partial charge is 0.416 e. The summed E-state index contributed by atoms with van der Waals surface area (Å²) in [4.78, 5) is 26.8. The van der Waals surface area contributed by atoms with Gasteiger partial charge in [-0.05, 0) is 17.7 Å². The number of halogens is 4. The molecule has 0 radical (unpaired) electrons. The van der Waals surface area contributed by atoms with Gasteiger partial charge in [-0.3, -0.25) is 10.7 Å². The number of nitrogens with two attached hydrogens (primary N) is 2. The van der Waals surface area contributed by atoms with Gasteiger partial charge in [0.1, 0.15) is 0 Å². The average molecular weight is 490 g/mol. The fraction of sp³-hybridized carbons (Fsp3) is 0.333. The number of benzene rings is 1. The minimum absolute atomic E-state index is 0.00928. The lowest BCUT2D eigenvalue weighted by molar-refractivity contribution is -0.471. The van der Waals surface area contributed by atoms with Crippen molar-refractivity contribution in [3.05, 3.63) is 51.8 Å². The lowest BCUT2D eigenvalue weighted by Crippen LogP contribution is -2.83. The van der Waals surface area contributed by atoms with Gasteiger partial charge in [0, 0.05) is 32.7 Å². The van der Waals surface area contributed by atoms with Crippen LogP contribution in [-0.4, -0.2) is 68.7 Å². The number of nitrogens with zero attached hydrogens (tertiary/aromatic N) is 4. The van der Waals surface area contributed by atoms with Crippen molar-refractivity contribution < 1.29 is 33.0 Å². The van der Waals surface area contributed by atoms with Gasteiger partial charge in [0.2, 0.25) is 0 Å². The molecule has 1 aliphatic heterocycles. The van der Waals surface area contributed by atoms with E-state index in [-0.39, 0.29) is 41.6 Å². The lowest BCUT2D eigenvalue weighted by Gasteiger charge is -2.34. The highest BCUT2D eigenvalue weighted by atomic mass is 35.5. The molecule has 0 bridgehead atoms. The van der Waals surface area contributed by atoms with E-state index < -0.39 is 29.4 Å². The molecule has 7 N–H and O–H groups in total. The fourth-order valence-electron chi connectivity index (χ4n) is 3.42. The Morgan fingerprint density at radius 1 is 1.24 bits per heavy atom. The van der Waals surface area contributed by atoms with Gasteiger partial charge in [-0.15, -0.1) is 0 Å². The van der Waals surface area contributed by atoms with E-state index >= 15 is 0 Å². The maximum absolute atomic E-state index is 13.7. The van der Waals surface area contributed by atoms with E-state index in [0.29, 0.717) is 13.1 Å². The van der Waals surface area contributed by atoms with E-state index in [0.717, 1.165) is 16.9 Å². The van der Waals surface area contributed by atoms with Gasteiger partial charge in [0.05, 0.1) is 22.3 Å². The first-order valence-corrected chi connectivity index (χ1v) is 9.93. The van der Waals surface area contributed by atoms with Gasteiger partial charge in [-0.2, -0.15) is 39.3 Å². The van der Waals surface area contributed by atoms with E-state index in [1.54, 1.807) is 4.90 Å². The third kappa shape index (κ3) is 5.35. The molecule has 2 heterocycles. The molecule has 1 aromatic heterocycles. The van der Waals surface area contributed by atoms with Crippen LogP contribution in [0.15, 0.2) is 24.4 Å². The van der Waals surface area contributed by atoms with Gasteiger partial charge in [-0.1, -0.05) is 17.7 Å². The standard InChI is InChI=1S/C18H20ClF3N8O3/c19-13-9-30(27-14(13)16(31)32)17(33)29-5-3-28(4-6-29)8-11-2-1-10(15(25-23)26-24)7-12(11)18(20,21)22/h1-2,7,9H,3-6,8,23-24H2,(H,25,26)(H,31,32)/p+1. The molecule has 11 nitrogen and oxygen atoms in total. The first-order chi connectivity index (χ1) is 15.5. The van der Waals surface area contributed by atoms with Crippen molar-refractivity contribution in [3.63, 3.8) is 0 Å². The number of nitrogens with one attached hydrogen (secondary N) is 2. The lowest BCUT2D eigenvalue weighted by atomic mass is 10.0. The normalized spacial score (nSPS) is 15.5. The van der Waals surface area contributed by atoms with Crippen LogP contribution in [0.2, 0.25) is 5.02 Å². The summed E-state index contributed by atoms with van der Waals surface area (Å²) in [6, 6.07) is 3.19. The summed E-state index contributed by atoms with van der Waals surface area (Å²) < 4.78 is 41.8. The molecule has 3 rings (SSSR count). The molecule has 0 spiro atoms. The first-order valence-electron chi connectivity index (χ1n) is 9.56. The molecule has 1 amide bonds. The molecule has 15 heteroatoms. The minimum atomic E-state index is -4.60. The van der Waals surface area contributed by atoms with Crippen LogP contribution in [0.25, 0.3) is 0 Å². The molecule has 0 aliphatic carbocycles. The molecule has 0 saturated carbocycles. The molecule has 1 saturated heterocycles. The number of aromatic nitrogens is 2. The molecule has 0 atom stereocenters. The van der Waals surface area contributed by atoms with Crippen molar-refractivity contribution in [1.29, 1.82) is 0 Å². The maximum Gasteiger partial charge on any atom is 0.416 e. The second-order valence-electron chi connectivity index (χ2n) is 7.15. The highest BCUT2D eigenvalue weighted by Gasteiger charge is 2.35. The number of amides is 1. The van der Waals surface area contributed by atoms with Crippen LogP contribution in [0, 0.1) is 0 Å². The number of hydrazine groups is 2. The summed E-state index contributed by atoms with van der Waals surface area (Å²) in [6.07, 6.45) is -3.49. The van der Waals surface area contributed by atoms with Crippen LogP contribution in [-0.2, 0) is 12.7 Å². The molecule has 0 unspecified atom stereocenters. The van der Waals surface area contributed by atoms with E-state index in [1.165, 1.54) is 17.0 Å². The Morgan fingerprint density at radius 3 is 2.42 bits per heavy atom. The molecule has 2 aromatic rings. The van der Waals surface area contributed by atoms with Crippen molar-refractivity contribution >= 4 is 29.4 Å². The number of carbonyl (C=O) groups is 2. The Morgan fingerprint density at radius 2 is 1.91 bits per heavy atom. The predicted molar refractivity (Wildman–Crippen MR) is 110 cm³/mol. The summed E-state index contributed by atoms with van der Waals surface area (Å²) in [5.74, 6) is 9.21. The number of hydrazone groups is 1. The molecule has 33 heavy (non-hydrogen) atoms. The van der Waals surface area contributed by atoms with Crippen LogP contribution in [0.5, 0.6) is 0 Å². The number of carbonyl (C=O) groups excluding carboxylic acids is 1. The van der Waals surface area contributed by atoms with E-state index in [1.807, 2.05) is 0 Å². The van der Waals surface area contributed by atoms with Crippen molar-refractivity contribution in [3.8, 4) is 0 Å². The molecule has 178 valence electrons. The van der Waals surface area contributed by atoms with Crippen LogP contribution < -0.4 is 22.2 Å². The summed E-state index contributed by atoms with van der Waals surface area (Å²) in [7, 11) is 0. The summed E-state index contributed by atoms with van der Waals surface area (Å²) in [5, 5.41) is 14.7. The van der Waals surface area contributed by atoms with E-state index in [9.17, 15) is 22.8 Å². The third-order valence-corrected chi connectivity index (χ3v) is 5.37. The fourth-order valence-corrected chi connectivity index (χ4v) is 3.63. The zero-order chi connectivity index (χ0) is 24.3. The van der Waals surface area contributed by atoms with Gasteiger partial charge in [0.15, 0.2) is 5.69 Å². The Kier molecular flexibility index (Phi) is 7.09. The summed E-state index contributed by atoms with van der Waals surface area (Å²) >= 11 is 5.78. The Labute approximate surface area is 190 Å². The van der Waals surface area contributed by atoms with E-state index in [2.05, 4.69) is 15.6 Å². The largest absolute Gasteiger partial charge is 0.476 e. The molecule has 1 fully saturated rings. The Bertz CT molecular complexity index is 1080. The number of hydrogen-bond donors (Lipinski definition) is 5. The number of aromatic carboxylic acids is 1. The van der Waals surface area contributed by atoms with Gasteiger partial charge < -0.3 is 10.0 Å². The Hall–Kier alpha value is -3.36. The zero-order valence-electron chi connectivity index (χ0n) is 17.1. The molecule has 1 aromatic carbocycles. The average Bonchev–Trinajstić information content (AvgIpc) is 3.16. The van der Waals surface area contributed by atoms with Gasteiger partial charge >= 0.3 is 24.0 Å². The Balaban J connectivity index is 1.70. The quantitative estimate of drug-likeness (QED) is 0.162. The number of rotatable bonds is 4. The second-order valence-corrected chi connectivity index (χ2v) is 7.56. The van der Waals surface area contributed by atoms with Gasteiger partial charge in [0.25, 0.3) is 0 Å². The zero-order valence-corrected chi connectivity index (χ0v) is 17.8. The van der Waals surface area contributed by atoms with Crippen LogP contribution in [0.3, 0.4) is 0 Å². The summed E-state index contributed by atoms with van der Waals surface area (Å²) in [5.41, 5.74) is 1.14. The predicted octanol–water partition coefficient (Wildman–Crippen LogP) is -0.796. The highest BCUT2D eigenvalue weighted by molar-refractivity contribution is 6.33. The monoisotopic (exact) mass is 489 g/mol. The number of hydrogen-bond acceptors (Lipinski definition) is 6. The second kappa shape index (κ2) is 9.64. The SMILES string of the molecule is NN/C(=[NH+]\N)c1ccc(CN2CCN(C(=O)n3cc(Cl)c(C(=O)O)n3)CC2)c(C(F)(F)F)c1. The van der Waals surface area contributed by atoms with E-state index in [4.69, 9.17) is 28.4 Å². The highest BCUT2D eigenvalue weighted by Crippen LogP contribution is 2.33. The van der Waals surface area contributed by atoms with Gasteiger partial charge in [-0.25, -0.2) is 9.59 Å². The minimum Gasteiger partial charge on any atom is -0.476 e. The summed E-state index contributed by atoms with van der Waals surface area (Å²) in [6.45, 7) is 1.04. The number of amidine groups is 1. The molecular formula is C18H21ClF3N8O3+. The number of carboxylic acid groups (broad SMARTS) is 1. The van der Waals surface area contributed by atoms with Crippen LogP contribution in [0.1, 0.15) is 27.2 Å². The first kappa shape index (κ1) is 24.3. The number of alkyl halides is 3. The number of carboxylic acids is 1. The van der Waals surface area contributed by atoms with Crippen molar-refractivity contribution in [2.24, 2.45) is 11.7 Å². The van der Waals surface area contributed by atoms with Crippen molar-refractivity contribution in [2.75, 3.05) is 26.2 Å². The molecular weight excluding hydrogens is 469 g/mol. The van der Waals surface area contributed by atoms with Crippen LogP contribution >= 0.6 is 11.6 Å². The molecule has 1 aliphatic rings. The third-order valence-electron chi connectivity index (χ3n) is 5.10. The topological polar surface area (TPSA) is 157 Å². The maximum atomic E-state index is 13.7. The van der Waals surface area contributed by atoms with Crippen molar-refractivity contribution in [1.82, 2.24) is 25.0 Å².